The van der Waals surface area contributed by atoms with Crippen LogP contribution in [0.5, 0.6) is 0 Å². The van der Waals surface area contributed by atoms with Crippen molar-refractivity contribution in [2.24, 2.45) is 0 Å². The highest BCUT2D eigenvalue weighted by atomic mass is 35.5. The maximum atomic E-state index is 9.46. The van der Waals surface area contributed by atoms with Gasteiger partial charge in [0.2, 0.25) is 0 Å². The second kappa shape index (κ2) is 7.66. The van der Waals surface area contributed by atoms with E-state index in [4.69, 9.17) is 16.3 Å². The molecule has 0 heterocycles. The Labute approximate surface area is 102 Å². The van der Waals surface area contributed by atoms with Crippen molar-refractivity contribution in [1.29, 1.82) is 0 Å². The Morgan fingerprint density at radius 3 is 2.62 bits per heavy atom. The number of ether oxygens (including phenoxy) is 1. The van der Waals surface area contributed by atoms with E-state index in [-0.39, 0.29) is 5.38 Å². The van der Waals surface area contributed by atoms with Crippen molar-refractivity contribution in [2.75, 3.05) is 6.61 Å². The van der Waals surface area contributed by atoms with Crippen LogP contribution >= 0.6 is 11.6 Å². The van der Waals surface area contributed by atoms with Crippen molar-refractivity contribution >= 4 is 11.6 Å². The highest BCUT2D eigenvalue weighted by Gasteiger charge is 2.13. The minimum absolute atomic E-state index is 0.208. The molecule has 0 radical (unpaired) electrons. The summed E-state index contributed by atoms with van der Waals surface area (Å²) in [4.78, 5) is 0. The number of alkyl halides is 1. The Kier molecular flexibility index (Phi) is 6.46. The molecule has 0 saturated heterocycles. The maximum Gasteiger partial charge on any atom is 0.0716 e. The van der Waals surface area contributed by atoms with E-state index in [1.54, 1.807) is 0 Å². The molecule has 0 aliphatic rings. The average Bonchev–Trinajstić information content (AvgIpc) is 2.34. The van der Waals surface area contributed by atoms with Gasteiger partial charge in [0.25, 0.3) is 0 Å². The lowest BCUT2D eigenvalue weighted by molar-refractivity contribution is 0.0983. The van der Waals surface area contributed by atoms with Gasteiger partial charge in [-0.2, -0.15) is 0 Å². The number of hydrogen-bond acceptors (Lipinski definition) is 2. The molecule has 3 heteroatoms. The van der Waals surface area contributed by atoms with E-state index in [1.807, 2.05) is 37.3 Å². The van der Waals surface area contributed by atoms with E-state index in [1.165, 1.54) is 0 Å². The van der Waals surface area contributed by atoms with Crippen LogP contribution in [0.15, 0.2) is 30.3 Å². The van der Waals surface area contributed by atoms with E-state index < -0.39 is 6.10 Å². The third-order valence-corrected chi connectivity index (χ3v) is 2.99. The maximum absolute atomic E-state index is 9.46. The number of aliphatic hydroxyl groups excluding tert-OH is 1. The zero-order valence-corrected chi connectivity index (χ0v) is 10.4. The van der Waals surface area contributed by atoms with Gasteiger partial charge in [-0.3, -0.25) is 0 Å². The van der Waals surface area contributed by atoms with Crippen LogP contribution in [0.3, 0.4) is 0 Å². The minimum Gasteiger partial charge on any atom is -0.392 e. The third kappa shape index (κ3) is 4.97. The van der Waals surface area contributed by atoms with Crippen molar-refractivity contribution < 1.29 is 9.84 Å². The predicted octanol–water partition coefficient (Wildman–Crippen LogP) is 2.97. The molecule has 0 saturated carbocycles. The van der Waals surface area contributed by atoms with Crippen LogP contribution in [0, 0.1) is 0 Å². The zero-order chi connectivity index (χ0) is 11.8. The van der Waals surface area contributed by atoms with Gasteiger partial charge in [-0.05, 0) is 18.4 Å². The van der Waals surface area contributed by atoms with Crippen LogP contribution < -0.4 is 0 Å². The molecule has 16 heavy (non-hydrogen) atoms. The number of benzene rings is 1. The number of rotatable bonds is 7. The Bertz CT molecular complexity index is 277. The van der Waals surface area contributed by atoms with Crippen LogP contribution in [0.25, 0.3) is 0 Å². The fourth-order valence-electron chi connectivity index (χ4n) is 1.41. The number of halogens is 1. The molecule has 1 aromatic carbocycles. The first-order valence-electron chi connectivity index (χ1n) is 5.67. The smallest absolute Gasteiger partial charge is 0.0716 e. The van der Waals surface area contributed by atoms with Gasteiger partial charge in [0.15, 0.2) is 0 Å². The fourth-order valence-corrected chi connectivity index (χ4v) is 1.68. The normalized spacial score (nSPS) is 14.7. The summed E-state index contributed by atoms with van der Waals surface area (Å²) in [6.07, 6.45) is 0.943. The molecule has 0 spiro atoms. The van der Waals surface area contributed by atoms with Crippen LogP contribution in [0.1, 0.15) is 25.3 Å². The third-order valence-electron chi connectivity index (χ3n) is 2.49. The molecule has 1 aromatic rings. The van der Waals surface area contributed by atoms with Gasteiger partial charge in [0, 0.05) is 6.61 Å². The largest absolute Gasteiger partial charge is 0.392 e. The summed E-state index contributed by atoms with van der Waals surface area (Å²) in [7, 11) is 0. The highest BCUT2D eigenvalue weighted by molar-refractivity contribution is 6.21. The van der Waals surface area contributed by atoms with Gasteiger partial charge < -0.3 is 9.84 Å². The Hall–Kier alpha value is -0.570. The number of aliphatic hydroxyl groups is 1. The molecule has 2 nitrogen and oxygen atoms in total. The van der Waals surface area contributed by atoms with Crippen molar-refractivity contribution in [1.82, 2.24) is 0 Å². The number of hydrogen-bond donors (Lipinski definition) is 1. The summed E-state index contributed by atoms with van der Waals surface area (Å²) in [5, 5.41) is 9.25. The van der Waals surface area contributed by atoms with Gasteiger partial charge in [0.05, 0.1) is 18.1 Å². The molecule has 90 valence electrons. The van der Waals surface area contributed by atoms with Crippen LogP contribution in [-0.4, -0.2) is 23.2 Å². The van der Waals surface area contributed by atoms with E-state index in [9.17, 15) is 5.11 Å². The van der Waals surface area contributed by atoms with Crippen LogP contribution in [0.4, 0.5) is 0 Å². The summed E-state index contributed by atoms with van der Waals surface area (Å²) in [6, 6.07) is 10.0. The molecule has 2 atom stereocenters. The molecule has 0 aliphatic heterocycles. The van der Waals surface area contributed by atoms with E-state index in [0.29, 0.717) is 26.1 Å². The molecule has 0 fully saturated rings. The zero-order valence-electron chi connectivity index (χ0n) is 9.60. The Morgan fingerprint density at radius 1 is 1.31 bits per heavy atom. The molecule has 0 aliphatic carbocycles. The quantitative estimate of drug-likeness (QED) is 0.589. The van der Waals surface area contributed by atoms with E-state index in [2.05, 4.69) is 0 Å². The lowest BCUT2D eigenvalue weighted by Gasteiger charge is -2.14. The molecule has 0 aromatic heterocycles. The van der Waals surface area contributed by atoms with Gasteiger partial charge in [-0.15, -0.1) is 11.6 Å². The van der Waals surface area contributed by atoms with Gasteiger partial charge >= 0.3 is 0 Å². The van der Waals surface area contributed by atoms with E-state index in [0.717, 1.165) is 5.56 Å². The van der Waals surface area contributed by atoms with Crippen LogP contribution in [-0.2, 0) is 11.3 Å². The van der Waals surface area contributed by atoms with Gasteiger partial charge in [-0.1, -0.05) is 37.3 Å². The first-order chi connectivity index (χ1) is 7.74. The Balaban J connectivity index is 2.13. The molecule has 0 unspecified atom stereocenters. The first kappa shape index (κ1) is 13.5. The first-order valence-corrected chi connectivity index (χ1v) is 6.11. The topological polar surface area (TPSA) is 29.5 Å². The molecular weight excluding hydrogens is 224 g/mol. The second-order valence-electron chi connectivity index (χ2n) is 3.82. The molecule has 0 amide bonds. The summed E-state index contributed by atoms with van der Waals surface area (Å²) in [6.45, 7) is 3.11. The van der Waals surface area contributed by atoms with Gasteiger partial charge in [0.1, 0.15) is 0 Å². The molecule has 1 rings (SSSR count). The molecule has 1 N–H and O–H groups in total. The highest BCUT2D eigenvalue weighted by Crippen LogP contribution is 2.11. The standard InChI is InChI=1S/C13H19ClO2/c1-2-13(15)12(14)8-9-16-10-11-6-4-3-5-7-11/h3-7,12-13,15H,2,8-10H2,1H3/t12-,13+/m1/s1. The lowest BCUT2D eigenvalue weighted by Crippen LogP contribution is -2.21. The summed E-state index contributed by atoms with van der Waals surface area (Å²) in [5.74, 6) is 0. The fraction of sp³-hybridized carbons (Fsp3) is 0.538. The second-order valence-corrected chi connectivity index (χ2v) is 4.38. The summed E-state index contributed by atoms with van der Waals surface area (Å²) < 4.78 is 5.49. The Morgan fingerprint density at radius 2 is 2.00 bits per heavy atom. The summed E-state index contributed by atoms with van der Waals surface area (Å²) in [5.41, 5.74) is 1.16. The monoisotopic (exact) mass is 242 g/mol. The predicted molar refractivity (Wildman–Crippen MR) is 66.7 cm³/mol. The minimum atomic E-state index is -0.429. The SMILES string of the molecule is CC[C@H](O)[C@H](Cl)CCOCc1ccccc1. The lowest BCUT2D eigenvalue weighted by atomic mass is 10.1. The van der Waals surface area contributed by atoms with Crippen molar-refractivity contribution in [3.05, 3.63) is 35.9 Å². The van der Waals surface area contributed by atoms with E-state index >= 15 is 0 Å². The van der Waals surface area contributed by atoms with Gasteiger partial charge in [-0.25, -0.2) is 0 Å². The average molecular weight is 243 g/mol. The summed E-state index contributed by atoms with van der Waals surface area (Å²) >= 11 is 5.98. The molecular formula is C13H19ClO2. The van der Waals surface area contributed by atoms with Crippen molar-refractivity contribution in [2.45, 2.75) is 37.9 Å². The molecule has 0 bridgehead atoms. The van der Waals surface area contributed by atoms with Crippen molar-refractivity contribution in [3.8, 4) is 0 Å². The van der Waals surface area contributed by atoms with Crippen LogP contribution in [0.2, 0.25) is 0 Å². The van der Waals surface area contributed by atoms with Crippen molar-refractivity contribution in [3.63, 3.8) is 0 Å².